The van der Waals surface area contributed by atoms with Gasteiger partial charge in [-0.3, -0.25) is 4.98 Å². The van der Waals surface area contributed by atoms with Gasteiger partial charge in [-0.25, -0.2) is 9.97 Å². The normalized spacial score (nSPS) is 15.1. The van der Waals surface area contributed by atoms with Crippen LogP contribution in [0.5, 0.6) is 0 Å². The van der Waals surface area contributed by atoms with Crippen molar-refractivity contribution in [3.8, 4) is 11.3 Å². The summed E-state index contributed by atoms with van der Waals surface area (Å²) in [6.45, 7) is 2.35. The van der Waals surface area contributed by atoms with Crippen LogP contribution >= 0.6 is 0 Å². The van der Waals surface area contributed by atoms with Crippen LogP contribution in [-0.4, -0.2) is 15.0 Å². The lowest BCUT2D eigenvalue weighted by molar-refractivity contribution is -0.144. The second-order valence-corrected chi connectivity index (χ2v) is 5.45. The number of aromatic nitrogens is 3. The first-order valence-corrected chi connectivity index (χ1v) is 7.00. The van der Waals surface area contributed by atoms with E-state index in [1.54, 1.807) is 6.07 Å². The zero-order chi connectivity index (χ0) is 15.9. The Balaban J connectivity index is 2.02. The molecular formula is C15H15F3N4. The van der Waals surface area contributed by atoms with Crippen molar-refractivity contribution in [3.63, 3.8) is 0 Å². The standard InChI is InChI=1S/C15H15F3N4/c1-8-10(5-19)4-12(22-13(8)9-2-3-9)11-6-20-14(21-7-11)15(16,17)18/h4,6-7,9H,2-3,5,19H2,1H3. The van der Waals surface area contributed by atoms with Gasteiger partial charge in [-0.15, -0.1) is 0 Å². The topological polar surface area (TPSA) is 64.7 Å². The van der Waals surface area contributed by atoms with Crippen LogP contribution in [0.1, 0.15) is 41.4 Å². The van der Waals surface area contributed by atoms with Gasteiger partial charge >= 0.3 is 6.18 Å². The third-order valence-corrected chi connectivity index (χ3v) is 3.80. The van der Waals surface area contributed by atoms with Crippen LogP contribution in [0.4, 0.5) is 13.2 Å². The minimum atomic E-state index is -4.54. The predicted molar refractivity (Wildman–Crippen MR) is 74.9 cm³/mol. The fourth-order valence-electron chi connectivity index (χ4n) is 2.40. The molecule has 0 aliphatic heterocycles. The fourth-order valence-corrected chi connectivity index (χ4v) is 2.40. The van der Waals surface area contributed by atoms with Gasteiger partial charge in [0.2, 0.25) is 5.82 Å². The second kappa shape index (κ2) is 5.31. The van der Waals surface area contributed by atoms with E-state index >= 15 is 0 Å². The maximum absolute atomic E-state index is 12.5. The third kappa shape index (κ3) is 2.81. The molecule has 2 aromatic heterocycles. The molecule has 2 aromatic rings. The van der Waals surface area contributed by atoms with Gasteiger partial charge < -0.3 is 5.73 Å². The van der Waals surface area contributed by atoms with Gasteiger partial charge in [0.25, 0.3) is 0 Å². The van der Waals surface area contributed by atoms with Gasteiger partial charge in [0.1, 0.15) is 0 Å². The molecule has 0 radical (unpaired) electrons. The average molecular weight is 308 g/mol. The van der Waals surface area contributed by atoms with Crippen molar-refractivity contribution in [1.82, 2.24) is 15.0 Å². The van der Waals surface area contributed by atoms with Crippen LogP contribution in [-0.2, 0) is 12.7 Å². The predicted octanol–water partition coefficient (Wildman–Crippen LogP) is 3.20. The lowest BCUT2D eigenvalue weighted by Gasteiger charge is -2.12. The van der Waals surface area contributed by atoms with E-state index in [1.807, 2.05) is 6.92 Å². The highest BCUT2D eigenvalue weighted by atomic mass is 19.4. The van der Waals surface area contributed by atoms with Crippen LogP contribution in [0.2, 0.25) is 0 Å². The van der Waals surface area contributed by atoms with Crippen LogP contribution < -0.4 is 5.73 Å². The summed E-state index contributed by atoms with van der Waals surface area (Å²) < 4.78 is 37.5. The van der Waals surface area contributed by atoms with Crippen molar-refractivity contribution < 1.29 is 13.2 Å². The first-order valence-electron chi connectivity index (χ1n) is 7.00. The quantitative estimate of drug-likeness (QED) is 0.945. The maximum Gasteiger partial charge on any atom is 0.451 e. The summed E-state index contributed by atoms with van der Waals surface area (Å²) in [4.78, 5) is 11.4. The first kappa shape index (κ1) is 14.9. The fraction of sp³-hybridized carbons (Fsp3) is 0.400. The SMILES string of the molecule is Cc1c(CN)cc(-c2cnc(C(F)(F)F)nc2)nc1C1CC1. The monoisotopic (exact) mass is 308 g/mol. The van der Waals surface area contributed by atoms with E-state index in [9.17, 15) is 13.2 Å². The van der Waals surface area contributed by atoms with E-state index < -0.39 is 12.0 Å². The molecule has 3 rings (SSSR count). The largest absolute Gasteiger partial charge is 0.451 e. The highest BCUT2D eigenvalue weighted by Crippen LogP contribution is 2.42. The Kier molecular flexibility index (Phi) is 3.60. The maximum atomic E-state index is 12.5. The van der Waals surface area contributed by atoms with Crippen molar-refractivity contribution >= 4 is 0 Å². The molecule has 0 bridgehead atoms. The number of hydrogen-bond acceptors (Lipinski definition) is 4. The van der Waals surface area contributed by atoms with Gasteiger partial charge in [0.05, 0.1) is 5.69 Å². The summed E-state index contributed by atoms with van der Waals surface area (Å²) in [6.07, 6.45) is -0.0502. The summed E-state index contributed by atoms with van der Waals surface area (Å²) in [5.74, 6) is -0.717. The van der Waals surface area contributed by atoms with Crippen molar-refractivity contribution in [1.29, 1.82) is 0 Å². The Morgan fingerprint density at radius 1 is 1.23 bits per heavy atom. The van der Waals surface area contributed by atoms with Crippen molar-refractivity contribution in [2.24, 2.45) is 5.73 Å². The summed E-state index contributed by atoms with van der Waals surface area (Å²) in [7, 11) is 0. The van der Waals surface area contributed by atoms with Crippen LogP contribution in [0.25, 0.3) is 11.3 Å². The number of nitrogens with two attached hydrogens (primary N) is 1. The number of rotatable bonds is 3. The molecule has 7 heteroatoms. The summed E-state index contributed by atoms with van der Waals surface area (Å²) >= 11 is 0. The number of nitrogens with zero attached hydrogens (tertiary/aromatic N) is 3. The van der Waals surface area contributed by atoms with E-state index in [1.165, 1.54) is 0 Å². The van der Waals surface area contributed by atoms with E-state index in [-0.39, 0.29) is 0 Å². The molecule has 0 spiro atoms. The van der Waals surface area contributed by atoms with Crippen LogP contribution in [0.3, 0.4) is 0 Å². The highest BCUT2D eigenvalue weighted by Gasteiger charge is 2.34. The first-order chi connectivity index (χ1) is 10.4. The molecule has 0 saturated heterocycles. The average Bonchev–Trinajstić information content (AvgIpc) is 3.31. The third-order valence-electron chi connectivity index (χ3n) is 3.80. The number of hydrogen-bond donors (Lipinski definition) is 1. The van der Waals surface area contributed by atoms with E-state index in [4.69, 9.17) is 5.73 Å². The lowest BCUT2D eigenvalue weighted by atomic mass is 10.0. The van der Waals surface area contributed by atoms with Gasteiger partial charge in [-0.2, -0.15) is 13.2 Å². The van der Waals surface area contributed by atoms with Gasteiger partial charge in [-0.05, 0) is 37.0 Å². The lowest BCUT2D eigenvalue weighted by Crippen LogP contribution is -2.10. The number of halogens is 3. The molecule has 2 heterocycles. The Labute approximate surface area is 125 Å². The minimum Gasteiger partial charge on any atom is -0.326 e. The minimum absolute atomic E-state index is 0.364. The Bertz CT molecular complexity index is 691. The van der Waals surface area contributed by atoms with E-state index in [0.717, 1.165) is 42.1 Å². The van der Waals surface area contributed by atoms with Gasteiger partial charge in [0.15, 0.2) is 0 Å². The van der Waals surface area contributed by atoms with Crippen molar-refractivity contribution in [2.45, 2.75) is 38.4 Å². The number of alkyl halides is 3. The molecule has 4 nitrogen and oxygen atoms in total. The molecule has 0 atom stereocenters. The molecule has 1 saturated carbocycles. The molecule has 0 unspecified atom stereocenters. The molecule has 22 heavy (non-hydrogen) atoms. The molecule has 1 aliphatic rings. The smallest absolute Gasteiger partial charge is 0.326 e. The second-order valence-electron chi connectivity index (χ2n) is 5.45. The molecule has 0 amide bonds. The van der Waals surface area contributed by atoms with Crippen molar-refractivity contribution in [3.05, 3.63) is 41.1 Å². The van der Waals surface area contributed by atoms with E-state index in [2.05, 4.69) is 15.0 Å². The number of pyridine rings is 1. The van der Waals surface area contributed by atoms with Gasteiger partial charge in [0, 0.05) is 36.1 Å². The Morgan fingerprint density at radius 2 is 1.86 bits per heavy atom. The summed E-state index contributed by atoms with van der Waals surface area (Å²) in [5.41, 5.74) is 9.80. The highest BCUT2D eigenvalue weighted by molar-refractivity contribution is 5.59. The van der Waals surface area contributed by atoms with Crippen LogP contribution in [0, 0.1) is 6.92 Å². The van der Waals surface area contributed by atoms with Crippen LogP contribution in [0.15, 0.2) is 18.5 Å². The molecule has 1 fully saturated rings. The summed E-state index contributed by atoms with van der Waals surface area (Å²) in [6, 6.07) is 1.80. The molecule has 1 aliphatic carbocycles. The Morgan fingerprint density at radius 3 is 2.36 bits per heavy atom. The zero-order valence-corrected chi connectivity index (χ0v) is 12.0. The van der Waals surface area contributed by atoms with E-state index in [0.29, 0.717) is 23.7 Å². The van der Waals surface area contributed by atoms with Crippen molar-refractivity contribution in [2.75, 3.05) is 0 Å². The Hall–Kier alpha value is -2.02. The molecular weight excluding hydrogens is 293 g/mol. The molecule has 116 valence electrons. The van der Waals surface area contributed by atoms with Gasteiger partial charge in [-0.1, -0.05) is 0 Å². The zero-order valence-electron chi connectivity index (χ0n) is 12.0. The molecule has 2 N–H and O–H groups in total. The summed E-state index contributed by atoms with van der Waals surface area (Å²) in [5, 5.41) is 0. The molecule has 0 aromatic carbocycles.